The molecule has 37 heavy (non-hydrogen) atoms. The molecule has 0 radical (unpaired) electrons. The largest absolute Gasteiger partial charge is 0.573 e. The molecule has 0 saturated carbocycles. The van der Waals surface area contributed by atoms with Crippen molar-refractivity contribution in [2.24, 2.45) is 0 Å². The lowest BCUT2D eigenvalue weighted by atomic mass is 10.1. The van der Waals surface area contributed by atoms with Crippen molar-refractivity contribution < 1.29 is 39.5 Å². The second-order valence-corrected chi connectivity index (χ2v) is 10.7. The molecule has 0 saturated heterocycles. The number of hydrogen-bond donors (Lipinski definition) is 0. The third-order valence-electron chi connectivity index (χ3n) is 4.87. The van der Waals surface area contributed by atoms with Crippen LogP contribution >= 0.6 is 11.8 Å². The van der Waals surface area contributed by atoms with Gasteiger partial charge in [0.15, 0.2) is 21.3 Å². The zero-order valence-electron chi connectivity index (χ0n) is 18.4. The number of aromatic nitrogens is 4. The third-order valence-corrected chi connectivity index (χ3v) is 7.31. The summed E-state index contributed by atoms with van der Waals surface area (Å²) in [5.74, 6) is -1.39. The van der Waals surface area contributed by atoms with Crippen LogP contribution in [0.4, 0.5) is 26.3 Å². The Hall–Kier alpha value is -3.53. The number of pyridine rings is 2. The highest BCUT2D eigenvalue weighted by Crippen LogP contribution is 2.36. The molecule has 0 spiro atoms. The summed E-state index contributed by atoms with van der Waals surface area (Å²) in [4.78, 5) is 16.3. The predicted molar refractivity (Wildman–Crippen MR) is 120 cm³/mol. The molecule has 0 N–H and O–H groups in total. The Morgan fingerprint density at radius 2 is 1.76 bits per heavy atom. The predicted octanol–water partition coefficient (Wildman–Crippen LogP) is 4.85. The SMILES string of the molecule is CCS(=O)(=O)c1cc(-c2cccc(OC(F)(F)F)c2)cnc1-n1nc2ccc(SC(F)(F)F)cn2c1=O. The Labute approximate surface area is 208 Å². The summed E-state index contributed by atoms with van der Waals surface area (Å²) < 4.78 is 107. The molecule has 0 amide bonds. The van der Waals surface area contributed by atoms with Crippen LogP contribution in [-0.4, -0.2) is 45.2 Å². The number of fused-ring (bicyclic) bond motifs is 1. The number of ether oxygens (including phenoxy) is 1. The van der Waals surface area contributed by atoms with Crippen LogP contribution in [0.15, 0.2) is 69.4 Å². The van der Waals surface area contributed by atoms with E-state index in [9.17, 15) is 39.6 Å². The molecule has 0 fully saturated rings. The van der Waals surface area contributed by atoms with Crippen molar-refractivity contribution in [1.82, 2.24) is 19.2 Å². The Morgan fingerprint density at radius 3 is 2.41 bits per heavy atom. The van der Waals surface area contributed by atoms with E-state index in [0.29, 0.717) is 4.68 Å². The molecule has 196 valence electrons. The van der Waals surface area contributed by atoms with Crippen LogP contribution in [0.5, 0.6) is 5.75 Å². The van der Waals surface area contributed by atoms with Crippen LogP contribution in [0, 0.1) is 0 Å². The summed E-state index contributed by atoms with van der Waals surface area (Å²) in [6.45, 7) is 1.33. The minimum atomic E-state index is -4.94. The average molecular weight is 564 g/mol. The van der Waals surface area contributed by atoms with Gasteiger partial charge in [-0.25, -0.2) is 22.6 Å². The first kappa shape index (κ1) is 26.5. The van der Waals surface area contributed by atoms with Crippen molar-refractivity contribution in [2.75, 3.05) is 5.75 Å². The number of rotatable bonds is 6. The van der Waals surface area contributed by atoms with Gasteiger partial charge in [0, 0.05) is 22.9 Å². The van der Waals surface area contributed by atoms with Crippen molar-refractivity contribution in [2.45, 2.75) is 28.6 Å². The molecule has 4 rings (SSSR count). The molecule has 0 aliphatic heterocycles. The molecule has 0 aliphatic carbocycles. The van der Waals surface area contributed by atoms with E-state index in [1.165, 1.54) is 19.1 Å². The van der Waals surface area contributed by atoms with Gasteiger partial charge in [-0.2, -0.15) is 17.9 Å². The van der Waals surface area contributed by atoms with Gasteiger partial charge in [-0.05, 0) is 47.7 Å². The monoisotopic (exact) mass is 564 g/mol. The molecule has 0 bridgehead atoms. The van der Waals surface area contributed by atoms with Gasteiger partial charge in [-0.1, -0.05) is 19.1 Å². The highest BCUT2D eigenvalue weighted by molar-refractivity contribution is 8.00. The zero-order valence-corrected chi connectivity index (χ0v) is 20.0. The van der Waals surface area contributed by atoms with E-state index in [1.807, 2.05) is 0 Å². The van der Waals surface area contributed by atoms with Crippen LogP contribution in [0.3, 0.4) is 0 Å². The first-order chi connectivity index (χ1) is 17.2. The maximum Gasteiger partial charge on any atom is 0.573 e. The van der Waals surface area contributed by atoms with Gasteiger partial charge in [-0.15, -0.1) is 18.3 Å². The van der Waals surface area contributed by atoms with Gasteiger partial charge in [0.25, 0.3) is 0 Å². The standard InChI is InChI=1S/C21H14F6N4O4S2/c1-2-37(33,34)16-9-13(12-4-3-5-14(8-12)35-20(22,23)24)10-28-18(16)31-19(32)30-11-15(36-21(25,26)27)6-7-17(30)29-31/h3-11H,2H2,1H3. The number of sulfone groups is 1. The van der Waals surface area contributed by atoms with E-state index in [-0.39, 0.29) is 21.7 Å². The quantitative estimate of drug-likeness (QED) is 0.244. The number of thioether (sulfide) groups is 1. The van der Waals surface area contributed by atoms with E-state index >= 15 is 0 Å². The molecular weight excluding hydrogens is 550 g/mol. The normalized spacial score (nSPS) is 12.7. The van der Waals surface area contributed by atoms with Gasteiger partial charge in [-0.3, -0.25) is 0 Å². The van der Waals surface area contributed by atoms with Crippen molar-refractivity contribution in [3.05, 3.63) is 65.3 Å². The van der Waals surface area contributed by atoms with E-state index < -0.39 is 61.4 Å². The molecule has 0 unspecified atom stereocenters. The number of benzene rings is 1. The van der Waals surface area contributed by atoms with Gasteiger partial charge < -0.3 is 4.74 Å². The summed E-state index contributed by atoms with van der Waals surface area (Å²) in [5, 5.41) is 3.99. The number of halogens is 6. The third kappa shape index (κ3) is 5.90. The van der Waals surface area contributed by atoms with Crippen LogP contribution in [0.25, 0.3) is 22.6 Å². The lowest BCUT2D eigenvalue weighted by Crippen LogP contribution is -2.23. The smallest absolute Gasteiger partial charge is 0.406 e. The molecule has 0 aliphatic rings. The molecule has 16 heteroatoms. The van der Waals surface area contributed by atoms with E-state index in [0.717, 1.165) is 47.1 Å². The van der Waals surface area contributed by atoms with Crippen molar-refractivity contribution in [3.8, 4) is 22.7 Å². The second-order valence-electron chi connectivity index (χ2n) is 7.36. The fourth-order valence-electron chi connectivity index (χ4n) is 3.30. The first-order valence-corrected chi connectivity index (χ1v) is 12.6. The lowest BCUT2D eigenvalue weighted by molar-refractivity contribution is -0.274. The molecule has 8 nitrogen and oxygen atoms in total. The van der Waals surface area contributed by atoms with Gasteiger partial charge in [0.1, 0.15) is 10.6 Å². The Kier molecular flexibility index (Phi) is 6.74. The number of hydrogen-bond acceptors (Lipinski definition) is 7. The van der Waals surface area contributed by atoms with Gasteiger partial charge >= 0.3 is 17.6 Å². The summed E-state index contributed by atoms with van der Waals surface area (Å²) in [6.07, 6.45) is -2.91. The summed E-state index contributed by atoms with van der Waals surface area (Å²) in [7, 11) is -4.07. The van der Waals surface area contributed by atoms with Crippen molar-refractivity contribution >= 4 is 27.2 Å². The average Bonchev–Trinajstić information content (AvgIpc) is 3.12. The molecular formula is C21H14F6N4O4S2. The minimum Gasteiger partial charge on any atom is -0.406 e. The van der Waals surface area contributed by atoms with Crippen LogP contribution in [0.1, 0.15) is 6.92 Å². The van der Waals surface area contributed by atoms with E-state index in [4.69, 9.17) is 0 Å². The van der Waals surface area contributed by atoms with Crippen LogP contribution in [0.2, 0.25) is 0 Å². The van der Waals surface area contributed by atoms with Crippen molar-refractivity contribution in [3.63, 3.8) is 0 Å². The molecule has 0 atom stereocenters. The highest BCUT2D eigenvalue weighted by atomic mass is 32.2. The summed E-state index contributed by atoms with van der Waals surface area (Å²) in [5.41, 5.74) is -5.41. The fourth-order valence-corrected chi connectivity index (χ4v) is 4.90. The number of nitrogens with zero attached hydrogens (tertiary/aromatic N) is 4. The topological polar surface area (TPSA) is 95.6 Å². The van der Waals surface area contributed by atoms with E-state index in [1.54, 1.807) is 0 Å². The van der Waals surface area contributed by atoms with Crippen LogP contribution < -0.4 is 10.4 Å². The highest BCUT2D eigenvalue weighted by Gasteiger charge is 2.32. The first-order valence-electron chi connectivity index (χ1n) is 10.1. The Morgan fingerprint density at radius 1 is 1.03 bits per heavy atom. The summed E-state index contributed by atoms with van der Waals surface area (Å²) in [6, 6.07) is 8.13. The van der Waals surface area contributed by atoms with Crippen molar-refractivity contribution in [1.29, 1.82) is 0 Å². The van der Waals surface area contributed by atoms with E-state index in [2.05, 4.69) is 14.8 Å². The van der Waals surface area contributed by atoms with Gasteiger partial charge in [0.2, 0.25) is 0 Å². The Balaban J connectivity index is 1.85. The maximum absolute atomic E-state index is 13.0. The minimum absolute atomic E-state index is 0.0701. The fraction of sp³-hybridized carbons (Fsp3) is 0.190. The second kappa shape index (κ2) is 9.41. The molecule has 3 heterocycles. The van der Waals surface area contributed by atoms with Gasteiger partial charge in [0.05, 0.1) is 5.75 Å². The Bertz CT molecular complexity index is 1650. The molecule has 4 aromatic rings. The molecule has 3 aromatic heterocycles. The summed E-state index contributed by atoms with van der Waals surface area (Å²) >= 11 is -0.445. The molecule has 1 aromatic carbocycles. The lowest BCUT2D eigenvalue weighted by Gasteiger charge is -2.12. The zero-order chi connectivity index (χ0) is 27.2. The maximum atomic E-state index is 13.0. The number of alkyl halides is 6. The van der Waals surface area contributed by atoms with Crippen LogP contribution in [-0.2, 0) is 9.84 Å².